The summed E-state index contributed by atoms with van der Waals surface area (Å²) < 4.78 is 228. The van der Waals surface area contributed by atoms with Crippen molar-refractivity contribution in [2.24, 2.45) is 0 Å². The van der Waals surface area contributed by atoms with E-state index in [1.165, 1.54) is 0 Å². The van der Waals surface area contributed by atoms with Crippen molar-refractivity contribution in [1.29, 1.82) is 0 Å². The van der Waals surface area contributed by atoms with E-state index in [2.05, 4.69) is 4.74 Å². The quantitative estimate of drug-likeness (QED) is 0.243. The number of aliphatic hydroxyl groups excluding tert-OH is 2. The van der Waals surface area contributed by atoms with Crippen LogP contribution in [0.2, 0.25) is 0 Å². The summed E-state index contributed by atoms with van der Waals surface area (Å²) in [4.78, 5) is 0. The summed E-state index contributed by atoms with van der Waals surface area (Å²) >= 11 is 0. The second kappa shape index (κ2) is 9.66. The summed E-state index contributed by atoms with van der Waals surface area (Å²) in [5.74, 6) is -55.8. The zero-order valence-corrected chi connectivity index (χ0v) is 16.9. The number of benzene rings is 1. The molecule has 20 heteroatoms. The third-order valence-electron chi connectivity index (χ3n) is 4.37. The highest BCUT2D eigenvalue weighted by Gasteiger charge is 2.93. The van der Waals surface area contributed by atoms with Crippen LogP contribution in [0.5, 0.6) is 5.75 Å². The lowest BCUT2D eigenvalue weighted by Crippen LogP contribution is -2.72. The van der Waals surface area contributed by atoms with Crippen molar-refractivity contribution in [2.75, 3.05) is 0 Å². The van der Waals surface area contributed by atoms with Crippen molar-refractivity contribution in [3.05, 3.63) is 41.2 Å². The van der Waals surface area contributed by atoms with Gasteiger partial charge in [-0.15, -0.1) is 0 Å². The van der Waals surface area contributed by atoms with Crippen LogP contribution in [0.1, 0.15) is 11.1 Å². The summed E-state index contributed by atoms with van der Waals surface area (Å²) in [5.41, 5.74) is -0.711. The van der Waals surface area contributed by atoms with Crippen molar-refractivity contribution in [3.63, 3.8) is 0 Å². The molecule has 0 aliphatic rings. The summed E-state index contributed by atoms with van der Waals surface area (Å²) in [6.45, 7) is -1.94. The highest BCUT2D eigenvalue weighted by atomic mass is 19.4. The molecule has 1 rings (SSSR count). The van der Waals surface area contributed by atoms with E-state index >= 15 is 0 Å². The fraction of sp³-hybridized carbons (Fsp3) is 0.529. The lowest BCUT2D eigenvalue weighted by Gasteiger charge is -2.41. The fourth-order valence-electron chi connectivity index (χ4n) is 2.35. The predicted octanol–water partition coefficient (Wildman–Crippen LogP) is 6.53. The van der Waals surface area contributed by atoms with Gasteiger partial charge in [0.05, 0.1) is 13.2 Å². The first kappa shape index (κ1) is 32.5. The van der Waals surface area contributed by atoms with E-state index in [4.69, 9.17) is 10.2 Å². The fourth-order valence-corrected chi connectivity index (χ4v) is 2.35. The first-order valence-electron chi connectivity index (χ1n) is 8.69. The number of rotatable bonds is 10. The molecule has 0 aromatic heterocycles. The molecule has 0 amide bonds. The van der Waals surface area contributed by atoms with Gasteiger partial charge in [-0.1, -0.05) is 6.07 Å². The van der Waals surface area contributed by atoms with Crippen LogP contribution in [0.15, 0.2) is 30.0 Å². The average molecular weight is 584 g/mol. The lowest BCUT2D eigenvalue weighted by atomic mass is 9.91. The van der Waals surface area contributed by atoms with E-state index in [0.29, 0.717) is 12.1 Å². The smallest absolute Gasteiger partial charge is 0.430 e. The number of hydrogen-bond donors (Lipinski definition) is 2. The van der Waals surface area contributed by atoms with Gasteiger partial charge in [-0.3, -0.25) is 0 Å². The number of ether oxygens (including phenoxy) is 1. The van der Waals surface area contributed by atoms with Crippen molar-refractivity contribution in [1.82, 2.24) is 0 Å². The number of alkyl halides is 15. The largest absolute Gasteiger partial charge is 0.460 e. The van der Waals surface area contributed by atoms with E-state index in [1.54, 1.807) is 0 Å². The third kappa shape index (κ3) is 5.00. The highest BCUT2D eigenvalue weighted by Crippen LogP contribution is 2.63. The Kier molecular flexibility index (Phi) is 8.49. The van der Waals surface area contributed by atoms with Crippen LogP contribution < -0.4 is 4.74 Å². The van der Waals surface area contributed by atoms with Crippen LogP contribution in [0, 0.1) is 0 Å². The molecule has 214 valence electrons. The molecule has 0 saturated heterocycles. The molecule has 0 aliphatic carbocycles. The Morgan fingerprint density at radius 1 is 0.568 bits per heavy atom. The molecule has 0 fully saturated rings. The number of aliphatic hydroxyl groups is 2. The van der Waals surface area contributed by atoms with Gasteiger partial charge >= 0.3 is 47.7 Å². The van der Waals surface area contributed by atoms with Gasteiger partial charge in [0.15, 0.2) is 0 Å². The standard InChI is InChI=1S/C17H9F17O3/c18-9(10(19)37-8-2-6(4-35)1-7(3-8)5-36)11(20,21)12(22,23)13(24,25)14(26,27)15(28,29)16(30,31)17(32,33)34/h1-3,35-36H,4-5H2. The summed E-state index contributed by atoms with van der Waals surface area (Å²) in [6, 6.07) is -1.81. The molecule has 3 nitrogen and oxygen atoms in total. The van der Waals surface area contributed by atoms with Crippen LogP contribution in [0.3, 0.4) is 0 Å². The Labute approximate surface area is 192 Å². The van der Waals surface area contributed by atoms with E-state index in [-0.39, 0.29) is 11.1 Å². The monoisotopic (exact) mass is 584 g/mol. The molecule has 0 atom stereocenters. The number of halogens is 17. The molecule has 0 bridgehead atoms. The van der Waals surface area contributed by atoms with E-state index in [0.717, 1.165) is 6.07 Å². The molecule has 0 spiro atoms. The number of allylic oxidation sites excluding steroid dienone is 1. The second-order valence-corrected chi connectivity index (χ2v) is 6.94. The first-order valence-corrected chi connectivity index (χ1v) is 8.69. The Bertz CT molecular complexity index is 991. The molecule has 0 aliphatic heterocycles. The summed E-state index contributed by atoms with van der Waals surface area (Å²) in [5, 5.41) is 17.8. The maximum atomic E-state index is 13.7. The average Bonchev–Trinajstić information content (AvgIpc) is 2.76. The molecule has 0 radical (unpaired) electrons. The van der Waals surface area contributed by atoms with Gasteiger partial charge in [0.25, 0.3) is 0 Å². The maximum Gasteiger partial charge on any atom is 0.460 e. The van der Waals surface area contributed by atoms with Gasteiger partial charge in [-0.25, -0.2) is 0 Å². The Hall–Kier alpha value is -2.51. The van der Waals surface area contributed by atoms with E-state index in [9.17, 15) is 74.6 Å². The highest BCUT2D eigenvalue weighted by molar-refractivity contribution is 5.35. The Balaban J connectivity index is 3.62. The minimum absolute atomic E-state index is 0.356. The van der Waals surface area contributed by atoms with Gasteiger partial charge in [-0.2, -0.15) is 74.6 Å². The number of hydrogen-bond acceptors (Lipinski definition) is 3. The van der Waals surface area contributed by atoms with Gasteiger partial charge in [0, 0.05) is 0 Å². The van der Waals surface area contributed by atoms with Gasteiger partial charge in [0.2, 0.25) is 5.83 Å². The van der Waals surface area contributed by atoms with Crippen molar-refractivity contribution in [2.45, 2.75) is 54.9 Å². The normalized spacial score (nSPS) is 15.5. The van der Waals surface area contributed by atoms with E-state index < -0.39 is 72.5 Å². The van der Waals surface area contributed by atoms with Crippen LogP contribution in [-0.2, 0) is 13.2 Å². The lowest BCUT2D eigenvalue weighted by molar-refractivity contribution is -0.451. The molecule has 0 heterocycles. The SMILES string of the molecule is OCc1cc(CO)cc(OC(F)=C(F)C(F)(F)C(F)(F)C(F)(F)C(F)(F)C(F)(F)C(F)(F)C(F)(F)F)c1. The predicted molar refractivity (Wildman–Crippen MR) is 83.9 cm³/mol. The molecule has 0 saturated carbocycles. The Morgan fingerprint density at radius 2 is 0.919 bits per heavy atom. The third-order valence-corrected chi connectivity index (χ3v) is 4.37. The zero-order chi connectivity index (χ0) is 29.6. The molecular formula is C17H9F17O3. The van der Waals surface area contributed by atoms with Gasteiger partial charge in [-0.05, 0) is 23.3 Å². The molecule has 2 N–H and O–H groups in total. The molecule has 37 heavy (non-hydrogen) atoms. The van der Waals surface area contributed by atoms with Gasteiger partial charge < -0.3 is 14.9 Å². The van der Waals surface area contributed by atoms with Crippen molar-refractivity contribution in [3.8, 4) is 5.75 Å². The van der Waals surface area contributed by atoms with Gasteiger partial charge in [0.1, 0.15) is 5.75 Å². The van der Waals surface area contributed by atoms with E-state index in [1.807, 2.05) is 0 Å². The van der Waals surface area contributed by atoms with Crippen LogP contribution in [-0.4, -0.2) is 51.9 Å². The van der Waals surface area contributed by atoms with Crippen LogP contribution >= 0.6 is 0 Å². The Morgan fingerprint density at radius 3 is 1.27 bits per heavy atom. The maximum absolute atomic E-state index is 13.7. The van der Waals surface area contributed by atoms with Crippen molar-refractivity contribution < 1.29 is 89.6 Å². The van der Waals surface area contributed by atoms with Crippen LogP contribution in [0.4, 0.5) is 74.6 Å². The zero-order valence-electron chi connectivity index (χ0n) is 16.9. The molecule has 1 aromatic carbocycles. The summed E-state index contributed by atoms with van der Waals surface area (Å²) in [6.07, 6.45) is -7.81. The minimum atomic E-state index is -8.67. The van der Waals surface area contributed by atoms with Crippen molar-refractivity contribution >= 4 is 0 Å². The molecule has 1 aromatic rings. The molecule has 0 unspecified atom stereocenters. The minimum Gasteiger partial charge on any atom is -0.430 e. The summed E-state index contributed by atoms with van der Waals surface area (Å²) in [7, 11) is 0. The van der Waals surface area contributed by atoms with Crippen LogP contribution in [0.25, 0.3) is 0 Å². The molecular weight excluding hydrogens is 575 g/mol. The second-order valence-electron chi connectivity index (χ2n) is 6.94. The first-order chi connectivity index (χ1) is 16.3. The topological polar surface area (TPSA) is 49.7 Å².